The van der Waals surface area contributed by atoms with Gasteiger partial charge in [0.15, 0.2) is 0 Å². The second-order valence-corrected chi connectivity index (χ2v) is 6.38. The van der Waals surface area contributed by atoms with Crippen LogP contribution in [0.4, 0.5) is 0 Å². The lowest BCUT2D eigenvalue weighted by Gasteiger charge is -2.31. The molecule has 1 amide bonds. The van der Waals surface area contributed by atoms with E-state index in [0.717, 1.165) is 29.7 Å². The summed E-state index contributed by atoms with van der Waals surface area (Å²) in [5.74, 6) is 0.718. The first-order chi connectivity index (χ1) is 7.70. The second-order valence-electron chi connectivity index (χ2n) is 4.02. The highest BCUT2D eigenvalue weighted by Gasteiger charge is 2.24. The number of carbonyl (C=O) groups excluding carboxylic acids is 1. The Bertz CT molecular complexity index is 382. The van der Waals surface area contributed by atoms with Gasteiger partial charge >= 0.3 is 0 Å². The van der Waals surface area contributed by atoms with Gasteiger partial charge in [0, 0.05) is 18.4 Å². The van der Waals surface area contributed by atoms with Crippen LogP contribution in [0.25, 0.3) is 0 Å². The van der Waals surface area contributed by atoms with Gasteiger partial charge in [0.25, 0.3) is 5.91 Å². The number of hydrogen-bond donors (Lipinski definition) is 0. The van der Waals surface area contributed by atoms with Crippen molar-refractivity contribution in [1.82, 2.24) is 4.90 Å². The molecule has 1 aromatic heterocycles. The molecule has 0 aromatic carbocycles. The molecule has 0 saturated carbocycles. The maximum atomic E-state index is 12.1. The predicted molar refractivity (Wildman–Crippen MR) is 71.8 cm³/mol. The highest BCUT2D eigenvalue weighted by atomic mass is 79.9. The molecule has 16 heavy (non-hydrogen) atoms. The number of alkyl halides is 1. The molecule has 0 N–H and O–H groups in total. The molecular formula is C11H13BrClNOS. The maximum Gasteiger partial charge on any atom is 0.263 e. The van der Waals surface area contributed by atoms with Gasteiger partial charge in [0.05, 0.1) is 9.21 Å². The third kappa shape index (κ3) is 2.79. The Hall–Kier alpha value is -0.0600. The Balaban J connectivity index is 2.04. The Labute approximate surface area is 113 Å². The molecule has 1 aliphatic heterocycles. The van der Waals surface area contributed by atoms with Crippen LogP contribution in [0, 0.1) is 5.92 Å². The summed E-state index contributed by atoms with van der Waals surface area (Å²) in [5.41, 5.74) is 0. The fourth-order valence-corrected chi connectivity index (χ4v) is 3.50. The first-order valence-electron chi connectivity index (χ1n) is 5.31. The van der Waals surface area contributed by atoms with E-state index in [1.54, 1.807) is 6.07 Å². The largest absolute Gasteiger partial charge is 0.338 e. The molecule has 1 fully saturated rings. The zero-order valence-corrected chi connectivity index (χ0v) is 11.9. The molecular weight excluding hydrogens is 310 g/mol. The van der Waals surface area contributed by atoms with Crippen molar-refractivity contribution >= 4 is 44.8 Å². The molecule has 1 aliphatic rings. The summed E-state index contributed by atoms with van der Waals surface area (Å²) in [5, 5.41) is 0.974. The highest BCUT2D eigenvalue weighted by Crippen LogP contribution is 2.25. The minimum atomic E-state index is 0.127. The summed E-state index contributed by atoms with van der Waals surface area (Å²) in [6.07, 6.45) is 2.31. The molecule has 0 radical (unpaired) electrons. The summed E-state index contributed by atoms with van der Waals surface area (Å²) < 4.78 is 0.678. The Morgan fingerprint density at radius 2 is 2.44 bits per heavy atom. The van der Waals surface area contributed by atoms with E-state index in [9.17, 15) is 4.79 Å². The van der Waals surface area contributed by atoms with Gasteiger partial charge < -0.3 is 4.90 Å². The second kappa shape index (κ2) is 5.52. The normalized spacial score (nSPS) is 21.1. The van der Waals surface area contributed by atoms with E-state index in [1.165, 1.54) is 17.8 Å². The number of carbonyl (C=O) groups is 1. The van der Waals surface area contributed by atoms with Gasteiger partial charge in [-0.1, -0.05) is 27.5 Å². The highest BCUT2D eigenvalue weighted by molar-refractivity contribution is 9.09. The topological polar surface area (TPSA) is 20.3 Å². The summed E-state index contributed by atoms with van der Waals surface area (Å²) in [4.78, 5) is 14.8. The van der Waals surface area contributed by atoms with Crippen LogP contribution in [0.1, 0.15) is 22.5 Å². The van der Waals surface area contributed by atoms with Gasteiger partial charge in [-0.05, 0) is 30.9 Å². The first kappa shape index (κ1) is 12.4. The average molecular weight is 323 g/mol. The smallest absolute Gasteiger partial charge is 0.263 e. The van der Waals surface area contributed by atoms with Gasteiger partial charge in [-0.25, -0.2) is 0 Å². The van der Waals surface area contributed by atoms with Crippen LogP contribution in [0.5, 0.6) is 0 Å². The van der Waals surface area contributed by atoms with E-state index in [1.807, 2.05) is 11.0 Å². The zero-order chi connectivity index (χ0) is 11.5. The van der Waals surface area contributed by atoms with E-state index < -0.39 is 0 Å². The van der Waals surface area contributed by atoms with Crippen molar-refractivity contribution in [2.75, 3.05) is 18.4 Å². The van der Waals surface area contributed by atoms with E-state index in [0.29, 0.717) is 10.3 Å². The number of likely N-dealkylation sites (tertiary alicyclic amines) is 1. The molecule has 1 aromatic rings. The van der Waals surface area contributed by atoms with Crippen LogP contribution in [-0.4, -0.2) is 29.2 Å². The summed E-state index contributed by atoms with van der Waals surface area (Å²) >= 11 is 10.7. The molecule has 2 nitrogen and oxygen atoms in total. The Kier molecular flexibility index (Phi) is 4.27. The number of nitrogens with zero attached hydrogens (tertiary/aromatic N) is 1. The fraction of sp³-hybridized carbons (Fsp3) is 0.545. The zero-order valence-electron chi connectivity index (χ0n) is 8.79. The van der Waals surface area contributed by atoms with Crippen LogP contribution in [0.3, 0.4) is 0 Å². The minimum absolute atomic E-state index is 0.127. The van der Waals surface area contributed by atoms with Gasteiger partial charge in [-0.3, -0.25) is 4.79 Å². The molecule has 1 atom stereocenters. The van der Waals surface area contributed by atoms with Crippen LogP contribution in [0.2, 0.25) is 4.34 Å². The number of hydrogen-bond acceptors (Lipinski definition) is 2. The van der Waals surface area contributed by atoms with Gasteiger partial charge in [0.1, 0.15) is 0 Å². The number of piperidine rings is 1. The van der Waals surface area contributed by atoms with Gasteiger partial charge in [0.2, 0.25) is 0 Å². The summed E-state index contributed by atoms with van der Waals surface area (Å²) in [6, 6.07) is 3.60. The van der Waals surface area contributed by atoms with E-state index in [-0.39, 0.29) is 5.91 Å². The molecule has 5 heteroatoms. The third-order valence-corrected chi connectivity index (χ3v) is 4.94. The predicted octanol–water partition coefficient (Wildman–Crippen LogP) is 3.65. The SMILES string of the molecule is O=C(c1ccc(Cl)s1)N1CCCC(CBr)C1. The maximum absolute atomic E-state index is 12.1. The lowest BCUT2D eigenvalue weighted by atomic mass is 10.0. The Morgan fingerprint density at radius 1 is 1.62 bits per heavy atom. The van der Waals surface area contributed by atoms with Crippen LogP contribution in [0.15, 0.2) is 12.1 Å². The van der Waals surface area contributed by atoms with Crippen LogP contribution in [-0.2, 0) is 0 Å². The number of amides is 1. The minimum Gasteiger partial charge on any atom is -0.338 e. The first-order valence-corrected chi connectivity index (χ1v) is 7.63. The fourth-order valence-electron chi connectivity index (χ4n) is 1.96. The van der Waals surface area contributed by atoms with Crippen molar-refractivity contribution in [3.8, 4) is 0 Å². The molecule has 0 spiro atoms. The molecule has 2 heterocycles. The number of halogens is 2. The lowest BCUT2D eigenvalue weighted by Crippen LogP contribution is -2.40. The third-order valence-electron chi connectivity index (χ3n) is 2.81. The molecule has 1 unspecified atom stereocenters. The molecule has 2 rings (SSSR count). The Morgan fingerprint density at radius 3 is 3.06 bits per heavy atom. The number of rotatable bonds is 2. The van der Waals surface area contributed by atoms with Crippen LogP contribution >= 0.6 is 38.9 Å². The van der Waals surface area contributed by atoms with E-state index in [4.69, 9.17) is 11.6 Å². The number of thiophene rings is 1. The average Bonchev–Trinajstić information content (AvgIpc) is 2.75. The van der Waals surface area contributed by atoms with Gasteiger partial charge in [-0.15, -0.1) is 11.3 Å². The van der Waals surface area contributed by atoms with Crippen LogP contribution < -0.4 is 0 Å². The standard InChI is InChI=1S/C11H13BrClNOS/c12-6-8-2-1-5-14(7-8)11(15)9-3-4-10(13)16-9/h3-4,8H,1-2,5-7H2. The molecule has 88 valence electrons. The van der Waals surface area contributed by atoms with Crippen molar-refractivity contribution in [3.63, 3.8) is 0 Å². The van der Waals surface area contributed by atoms with E-state index in [2.05, 4.69) is 15.9 Å². The van der Waals surface area contributed by atoms with Gasteiger partial charge in [-0.2, -0.15) is 0 Å². The van der Waals surface area contributed by atoms with Crippen molar-refractivity contribution < 1.29 is 4.79 Å². The van der Waals surface area contributed by atoms with Crippen molar-refractivity contribution in [3.05, 3.63) is 21.3 Å². The van der Waals surface area contributed by atoms with E-state index >= 15 is 0 Å². The lowest BCUT2D eigenvalue weighted by molar-refractivity contribution is 0.0691. The van der Waals surface area contributed by atoms with Crippen molar-refractivity contribution in [2.24, 2.45) is 5.92 Å². The summed E-state index contributed by atoms with van der Waals surface area (Å²) in [6.45, 7) is 1.73. The molecule has 1 saturated heterocycles. The quantitative estimate of drug-likeness (QED) is 0.761. The van der Waals surface area contributed by atoms with Crippen molar-refractivity contribution in [2.45, 2.75) is 12.8 Å². The molecule has 0 bridgehead atoms. The monoisotopic (exact) mass is 321 g/mol. The van der Waals surface area contributed by atoms with Crippen molar-refractivity contribution in [1.29, 1.82) is 0 Å². The summed E-state index contributed by atoms with van der Waals surface area (Å²) in [7, 11) is 0. The molecule has 0 aliphatic carbocycles.